The molecule has 1 aliphatic rings. The second-order valence-electron chi connectivity index (χ2n) is 2.94. The Morgan fingerprint density at radius 3 is 2.71 bits per heavy atom. The topological polar surface area (TPSA) is 89.6 Å². The summed E-state index contributed by atoms with van der Waals surface area (Å²) in [5, 5.41) is 9.67. The lowest BCUT2D eigenvalue weighted by molar-refractivity contribution is -0.182. The fraction of sp³-hybridized carbons (Fsp3) is 0.111. The predicted molar refractivity (Wildman–Crippen MR) is 44.9 cm³/mol. The molecule has 0 fully saturated rings. The molecule has 72 valence electrons. The zero-order chi connectivity index (χ0) is 10.3. The highest BCUT2D eigenvalue weighted by Crippen LogP contribution is 2.33. The maximum atomic E-state index is 11.2. The molecule has 0 saturated heterocycles. The Morgan fingerprint density at radius 1 is 1.43 bits per heavy atom. The molecule has 5 nitrogen and oxygen atoms in total. The molecular formula is C9H7NO4. The van der Waals surface area contributed by atoms with Gasteiger partial charge in [0.25, 0.3) is 5.91 Å². The lowest BCUT2D eigenvalue weighted by Gasteiger charge is -2.17. The zero-order valence-corrected chi connectivity index (χ0v) is 7.06. The molecule has 0 aromatic heterocycles. The zero-order valence-electron chi connectivity index (χ0n) is 7.06. The molecule has 1 aromatic carbocycles. The second-order valence-corrected chi connectivity index (χ2v) is 2.94. The first-order valence-electron chi connectivity index (χ1n) is 3.91. The molecule has 0 bridgehead atoms. The van der Waals surface area contributed by atoms with Crippen molar-refractivity contribution in [2.45, 2.75) is 5.79 Å². The van der Waals surface area contributed by atoms with Crippen molar-refractivity contribution in [3.8, 4) is 0 Å². The number of cyclic esters (lactones) is 1. The Labute approximate surface area is 79.1 Å². The Hall–Kier alpha value is -1.88. The molecule has 0 saturated carbocycles. The van der Waals surface area contributed by atoms with Gasteiger partial charge >= 0.3 is 11.8 Å². The van der Waals surface area contributed by atoms with Crippen molar-refractivity contribution in [3.63, 3.8) is 0 Å². The van der Waals surface area contributed by atoms with Gasteiger partial charge in [0.1, 0.15) is 0 Å². The minimum Gasteiger partial charge on any atom is -0.415 e. The molecule has 0 unspecified atom stereocenters. The van der Waals surface area contributed by atoms with Gasteiger partial charge in [0, 0.05) is 5.56 Å². The van der Waals surface area contributed by atoms with Crippen molar-refractivity contribution in [3.05, 3.63) is 35.4 Å². The van der Waals surface area contributed by atoms with Gasteiger partial charge in [-0.15, -0.1) is 0 Å². The van der Waals surface area contributed by atoms with Crippen molar-refractivity contribution in [1.82, 2.24) is 0 Å². The average Bonchev–Trinajstić information content (AvgIpc) is 2.42. The standard InChI is InChI=1S/C9H7NO4/c10-8(12)9(13)6-4-2-1-3-5(6)7(11)14-9/h1-4,13H,(H2,10,12)/t9-/m1/s1. The molecule has 14 heavy (non-hydrogen) atoms. The highest BCUT2D eigenvalue weighted by molar-refractivity contribution is 6.00. The highest BCUT2D eigenvalue weighted by atomic mass is 16.7. The number of rotatable bonds is 1. The number of benzene rings is 1. The number of hydrogen-bond acceptors (Lipinski definition) is 4. The van der Waals surface area contributed by atoms with Gasteiger partial charge in [-0.05, 0) is 6.07 Å². The minimum absolute atomic E-state index is 0.0949. The van der Waals surface area contributed by atoms with E-state index in [2.05, 4.69) is 4.74 Å². The van der Waals surface area contributed by atoms with E-state index in [0.29, 0.717) is 0 Å². The third kappa shape index (κ3) is 0.928. The smallest absolute Gasteiger partial charge is 0.341 e. The van der Waals surface area contributed by atoms with Crippen LogP contribution in [0.15, 0.2) is 24.3 Å². The minimum atomic E-state index is -2.31. The van der Waals surface area contributed by atoms with Crippen LogP contribution in [0.2, 0.25) is 0 Å². The van der Waals surface area contributed by atoms with Crippen LogP contribution < -0.4 is 5.73 Å². The summed E-state index contributed by atoms with van der Waals surface area (Å²) in [6.07, 6.45) is 0. The summed E-state index contributed by atoms with van der Waals surface area (Å²) < 4.78 is 4.52. The molecule has 3 N–H and O–H groups in total. The van der Waals surface area contributed by atoms with Crippen LogP contribution in [0.3, 0.4) is 0 Å². The molecule has 5 heteroatoms. The lowest BCUT2D eigenvalue weighted by Crippen LogP contribution is -2.41. The monoisotopic (exact) mass is 193 g/mol. The third-order valence-electron chi connectivity index (χ3n) is 2.09. The van der Waals surface area contributed by atoms with Crippen LogP contribution in [0.5, 0.6) is 0 Å². The maximum absolute atomic E-state index is 11.2. The predicted octanol–water partition coefficient (Wildman–Crippen LogP) is -0.513. The molecule has 0 radical (unpaired) electrons. The molecule has 0 spiro atoms. The van der Waals surface area contributed by atoms with E-state index in [1.165, 1.54) is 12.1 Å². The maximum Gasteiger partial charge on any atom is 0.341 e. The van der Waals surface area contributed by atoms with Crippen molar-refractivity contribution in [1.29, 1.82) is 0 Å². The summed E-state index contributed by atoms with van der Waals surface area (Å²) in [5.41, 5.74) is 5.20. The lowest BCUT2D eigenvalue weighted by atomic mass is 10.0. The SMILES string of the molecule is NC(=O)[C@]1(O)OC(=O)c2ccccc21. The van der Waals surface area contributed by atoms with Crippen LogP contribution in [0, 0.1) is 0 Å². The van der Waals surface area contributed by atoms with Gasteiger partial charge in [-0.3, -0.25) is 4.79 Å². The van der Waals surface area contributed by atoms with Crippen LogP contribution >= 0.6 is 0 Å². The number of amides is 1. The number of fused-ring (bicyclic) bond motifs is 1. The molecular weight excluding hydrogens is 186 g/mol. The van der Waals surface area contributed by atoms with E-state index >= 15 is 0 Å². The number of ether oxygens (including phenoxy) is 1. The number of hydrogen-bond donors (Lipinski definition) is 2. The Kier molecular flexibility index (Phi) is 1.59. The fourth-order valence-electron chi connectivity index (χ4n) is 1.38. The average molecular weight is 193 g/mol. The Morgan fingerprint density at radius 2 is 2.07 bits per heavy atom. The van der Waals surface area contributed by atoms with Crippen LogP contribution in [0.25, 0.3) is 0 Å². The normalized spacial score (nSPS) is 24.2. The second kappa shape index (κ2) is 2.55. The van der Waals surface area contributed by atoms with E-state index in [9.17, 15) is 14.7 Å². The molecule has 1 atom stereocenters. The summed E-state index contributed by atoms with van der Waals surface area (Å²) >= 11 is 0. The van der Waals surface area contributed by atoms with Gasteiger partial charge in [-0.2, -0.15) is 0 Å². The van der Waals surface area contributed by atoms with E-state index < -0.39 is 17.7 Å². The van der Waals surface area contributed by atoms with Gasteiger partial charge in [0.05, 0.1) is 5.56 Å². The number of primary amides is 1. The quantitative estimate of drug-likeness (QED) is 0.587. The fourth-order valence-corrected chi connectivity index (χ4v) is 1.38. The van der Waals surface area contributed by atoms with Crippen LogP contribution in [-0.4, -0.2) is 17.0 Å². The molecule has 1 aromatic rings. The van der Waals surface area contributed by atoms with Gasteiger partial charge in [0.15, 0.2) is 0 Å². The van der Waals surface area contributed by atoms with Crippen LogP contribution in [0.4, 0.5) is 0 Å². The van der Waals surface area contributed by atoms with E-state index in [0.717, 1.165) is 0 Å². The number of carbonyl (C=O) groups excluding carboxylic acids is 2. The van der Waals surface area contributed by atoms with E-state index in [1.807, 2.05) is 0 Å². The van der Waals surface area contributed by atoms with Crippen molar-refractivity contribution >= 4 is 11.9 Å². The summed E-state index contributed by atoms with van der Waals surface area (Å²) in [4.78, 5) is 22.1. The molecule has 0 aliphatic carbocycles. The summed E-state index contributed by atoms with van der Waals surface area (Å²) in [7, 11) is 0. The third-order valence-corrected chi connectivity index (χ3v) is 2.09. The largest absolute Gasteiger partial charge is 0.415 e. The first-order chi connectivity index (χ1) is 6.55. The number of aliphatic hydroxyl groups is 1. The first-order valence-corrected chi connectivity index (χ1v) is 3.91. The molecule has 1 amide bonds. The summed E-state index contributed by atoms with van der Waals surface area (Å²) in [5.74, 6) is -4.16. The first kappa shape index (κ1) is 8.71. The Balaban J connectivity index is 2.65. The number of nitrogens with two attached hydrogens (primary N) is 1. The highest BCUT2D eigenvalue weighted by Gasteiger charge is 2.49. The van der Waals surface area contributed by atoms with Crippen molar-refractivity contribution in [2.24, 2.45) is 5.73 Å². The van der Waals surface area contributed by atoms with E-state index in [1.54, 1.807) is 12.1 Å². The Bertz CT molecular complexity index is 429. The van der Waals surface area contributed by atoms with Gasteiger partial charge in [0.2, 0.25) is 0 Å². The van der Waals surface area contributed by atoms with Gasteiger partial charge in [-0.1, -0.05) is 18.2 Å². The van der Waals surface area contributed by atoms with E-state index in [4.69, 9.17) is 5.73 Å². The molecule has 2 rings (SSSR count). The number of carbonyl (C=O) groups is 2. The summed E-state index contributed by atoms with van der Waals surface area (Å²) in [6.45, 7) is 0. The van der Waals surface area contributed by atoms with Crippen molar-refractivity contribution in [2.75, 3.05) is 0 Å². The van der Waals surface area contributed by atoms with Crippen molar-refractivity contribution < 1.29 is 19.4 Å². The van der Waals surface area contributed by atoms with Gasteiger partial charge < -0.3 is 15.6 Å². The molecule has 1 heterocycles. The van der Waals surface area contributed by atoms with Crippen LogP contribution in [-0.2, 0) is 15.3 Å². The summed E-state index contributed by atoms with van der Waals surface area (Å²) in [6, 6.07) is 6.06. The number of esters is 1. The molecule has 1 aliphatic heterocycles. The van der Waals surface area contributed by atoms with Gasteiger partial charge in [-0.25, -0.2) is 4.79 Å². The van der Waals surface area contributed by atoms with Crippen LogP contribution in [0.1, 0.15) is 15.9 Å². The van der Waals surface area contributed by atoms with E-state index in [-0.39, 0.29) is 11.1 Å².